The quantitative estimate of drug-likeness (QED) is 0.572. The summed E-state index contributed by atoms with van der Waals surface area (Å²) in [5, 5.41) is 11.2. The molecule has 0 saturated carbocycles. The second-order valence-corrected chi connectivity index (χ2v) is 6.05. The summed E-state index contributed by atoms with van der Waals surface area (Å²) in [6, 6.07) is 6.53. The van der Waals surface area contributed by atoms with Gasteiger partial charge in [0.1, 0.15) is 12.1 Å². The molecule has 0 saturated heterocycles. The molecule has 0 aliphatic heterocycles. The van der Waals surface area contributed by atoms with Crippen LogP contribution in [0, 0.1) is 0 Å². The summed E-state index contributed by atoms with van der Waals surface area (Å²) in [7, 11) is 1.28. The molecule has 3 aromatic rings. The highest BCUT2D eigenvalue weighted by atomic mass is 16.5. The number of hydrogen-bond acceptors (Lipinski definition) is 7. The summed E-state index contributed by atoms with van der Waals surface area (Å²) >= 11 is 0. The van der Waals surface area contributed by atoms with Gasteiger partial charge >= 0.3 is 5.97 Å². The van der Waals surface area contributed by atoms with Crippen molar-refractivity contribution in [3.05, 3.63) is 47.9 Å². The first-order valence-corrected chi connectivity index (χ1v) is 9.01. The number of rotatable bonds is 8. The highest BCUT2D eigenvalue weighted by Crippen LogP contribution is 2.18. The van der Waals surface area contributed by atoms with Gasteiger partial charge < -0.3 is 15.4 Å². The second-order valence-electron chi connectivity index (χ2n) is 6.05. The number of carbonyl (C=O) groups excluding carboxylic acids is 2. The zero-order chi connectivity index (χ0) is 19.9. The predicted molar refractivity (Wildman–Crippen MR) is 104 cm³/mol. The number of benzene rings is 1. The molecule has 0 unspecified atom stereocenters. The van der Waals surface area contributed by atoms with Crippen LogP contribution in [0.3, 0.4) is 0 Å². The van der Waals surface area contributed by atoms with Crippen LogP contribution >= 0.6 is 0 Å². The van der Waals surface area contributed by atoms with E-state index < -0.39 is 5.97 Å². The first-order valence-electron chi connectivity index (χ1n) is 9.01. The van der Waals surface area contributed by atoms with E-state index in [1.54, 1.807) is 35.1 Å². The summed E-state index contributed by atoms with van der Waals surface area (Å²) in [5.41, 5.74) is 1.19. The zero-order valence-electron chi connectivity index (χ0n) is 15.8. The van der Waals surface area contributed by atoms with Crippen molar-refractivity contribution in [2.24, 2.45) is 0 Å². The number of nitrogens with one attached hydrogen (secondary N) is 2. The third-order valence-corrected chi connectivity index (χ3v) is 4.16. The number of fused-ring (bicyclic) bond motifs is 1. The van der Waals surface area contributed by atoms with Gasteiger partial charge in [0.15, 0.2) is 5.65 Å². The lowest BCUT2D eigenvalue weighted by molar-refractivity contribution is 0.0596. The Morgan fingerprint density at radius 3 is 2.68 bits per heavy atom. The highest BCUT2D eigenvalue weighted by Gasteiger charge is 2.17. The van der Waals surface area contributed by atoms with E-state index in [1.165, 1.54) is 13.4 Å². The molecular formula is C19H22N6O3. The lowest BCUT2D eigenvalue weighted by atomic mass is 10.1. The summed E-state index contributed by atoms with van der Waals surface area (Å²) < 4.78 is 6.43. The first kappa shape index (κ1) is 19.3. The Labute approximate surface area is 162 Å². The molecule has 2 heterocycles. The molecule has 0 spiro atoms. The van der Waals surface area contributed by atoms with E-state index in [-0.39, 0.29) is 17.0 Å². The number of ether oxygens (including phenoxy) is 1. The second kappa shape index (κ2) is 8.94. The van der Waals surface area contributed by atoms with Gasteiger partial charge in [-0.2, -0.15) is 5.10 Å². The van der Waals surface area contributed by atoms with E-state index in [4.69, 9.17) is 4.74 Å². The number of anilines is 1. The Kier molecular flexibility index (Phi) is 6.15. The molecule has 146 valence electrons. The highest BCUT2D eigenvalue weighted by molar-refractivity contribution is 6.05. The Hall–Kier alpha value is -3.49. The first-order chi connectivity index (χ1) is 13.7. The van der Waals surface area contributed by atoms with Crippen LogP contribution in [-0.2, 0) is 11.3 Å². The Morgan fingerprint density at radius 2 is 1.93 bits per heavy atom. The maximum absolute atomic E-state index is 12.5. The van der Waals surface area contributed by atoms with Crippen molar-refractivity contribution >= 4 is 28.7 Å². The molecule has 0 aliphatic carbocycles. The minimum atomic E-state index is -0.548. The van der Waals surface area contributed by atoms with E-state index in [0.29, 0.717) is 18.7 Å². The maximum Gasteiger partial charge on any atom is 0.338 e. The third kappa shape index (κ3) is 4.08. The van der Waals surface area contributed by atoms with Crippen LogP contribution in [0.4, 0.5) is 5.82 Å². The predicted octanol–water partition coefficient (Wildman–Crippen LogP) is 1.86. The van der Waals surface area contributed by atoms with Gasteiger partial charge in [0.05, 0.1) is 36.4 Å². The van der Waals surface area contributed by atoms with Crippen molar-refractivity contribution in [1.82, 2.24) is 25.1 Å². The van der Waals surface area contributed by atoms with Crippen LogP contribution in [0.5, 0.6) is 0 Å². The minimum Gasteiger partial charge on any atom is -0.465 e. The molecule has 0 fully saturated rings. The average molecular weight is 382 g/mol. The van der Waals surface area contributed by atoms with Crippen molar-refractivity contribution in [2.75, 3.05) is 25.5 Å². The van der Waals surface area contributed by atoms with E-state index >= 15 is 0 Å². The molecule has 28 heavy (non-hydrogen) atoms. The molecule has 2 aromatic heterocycles. The Balaban J connectivity index is 1.67. The summed E-state index contributed by atoms with van der Waals surface area (Å²) in [6.45, 7) is 3.65. The average Bonchev–Trinajstić information content (AvgIpc) is 3.15. The molecule has 0 bridgehead atoms. The molecule has 1 aromatic carbocycles. The van der Waals surface area contributed by atoms with Gasteiger partial charge in [0.25, 0.3) is 5.91 Å². The SMILES string of the molecule is CCCNc1ncnc2c1cnn2CCNC(=O)c1ccccc1C(=O)OC. The van der Waals surface area contributed by atoms with Gasteiger partial charge in [-0.15, -0.1) is 0 Å². The standard InChI is InChI=1S/C19H22N6O3/c1-3-8-20-16-15-11-24-25(17(15)23-12-22-16)10-9-21-18(26)13-6-4-5-7-14(13)19(27)28-2/h4-7,11-12H,3,8-10H2,1-2H3,(H,21,26)(H,20,22,23). The van der Waals surface area contributed by atoms with Crippen LogP contribution in [0.25, 0.3) is 11.0 Å². The molecule has 3 rings (SSSR count). The molecule has 0 atom stereocenters. The van der Waals surface area contributed by atoms with E-state index in [0.717, 1.165) is 24.2 Å². The monoisotopic (exact) mass is 382 g/mol. The number of amides is 1. The van der Waals surface area contributed by atoms with Crippen molar-refractivity contribution in [2.45, 2.75) is 19.9 Å². The Bertz CT molecular complexity index is 985. The molecule has 0 radical (unpaired) electrons. The fraction of sp³-hybridized carbons (Fsp3) is 0.316. The molecule has 0 aliphatic rings. The number of esters is 1. The zero-order valence-corrected chi connectivity index (χ0v) is 15.8. The molecule has 9 nitrogen and oxygen atoms in total. The molecular weight excluding hydrogens is 360 g/mol. The topological polar surface area (TPSA) is 111 Å². The summed E-state index contributed by atoms with van der Waals surface area (Å²) in [6.07, 6.45) is 4.18. The van der Waals surface area contributed by atoms with E-state index in [9.17, 15) is 9.59 Å². The van der Waals surface area contributed by atoms with Crippen molar-refractivity contribution in [3.63, 3.8) is 0 Å². The third-order valence-electron chi connectivity index (χ3n) is 4.16. The number of methoxy groups -OCH3 is 1. The summed E-state index contributed by atoms with van der Waals surface area (Å²) in [4.78, 5) is 32.8. The van der Waals surface area contributed by atoms with Gasteiger partial charge in [-0.3, -0.25) is 4.79 Å². The van der Waals surface area contributed by atoms with E-state index in [2.05, 4.69) is 32.6 Å². The van der Waals surface area contributed by atoms with Gasteiger partial charge in [0.2, 0.25) is 0 Å². The van der Waals surface area contributed by atoms with Crippen LogP contribution in [-0.4, -0.2) is 51.8 Å². The number of aromatic nitrogens is 4. The lowest BCUT2D eigenvalue weighted by Crippen LogP contribution is -2.29. The lowest BCUT2D eigenvalue weighted by Gasteiger charge is -2.09. The van der Waals surface area contributed by atoms with Crippen LogP contribution in [0.1, 0.15) is 34.1 Å². The van der Waals surface area contributed by atoms with E-state index in [1.807, 2.05) is 0 Å². The van der Waals surface area contributed by atoms with Crippen LogP contribution in [0.2, 0.25) is 0 Å². The molecule has 1 amide bonds. The molecule has 2 N–H and O–H groups in total. The van der Waals surface area contributed by atoms with Crippen molar-refractivity contribution < 1.29 is 14.3 Å². The number of carbonyl (C=O) groups is 2. The maximum atomic E-state index is 12.5. The fourth-order valence-electron chi connectivity index (χ4n) is 2.78. The number of hydrogen-bond donors (Lipinski definition) is 2. The number of nitrogens with zero attached hydrogens (tertiary/aromatic N) is 4. The smallest absolute Gasteiger partial charge is 0.338 e. The van der Waals surface area contributed by atoms with Crippen molar-refractivity contribution in [1.29, 1.82) is 0 Å². The van der Waals surface area contributed by atoms with Crippen LogP contribution in [0.15, 0.2) is 36.8 Å². The van der Waals surface area contributed by atoms with Crippen LogP contribution < -0.4 is 10.6 Å². The summed E-state index contributed by atoms with van der Waals surface area (Å²) in [5.74, 6) is -0.154. The normalized spacial score (nSPS) is 10.6. The van der Waals surface area contributed by atoms with Gasteiger partial charge in [-0.05, 0) is 18.6 Å². The Morgan fingerprint density at radius 1 is 1.14 bits per heavy atom. The minimum absolute atomic E-state index is 0.228. The largest absolute Gasteiger partial charge is 0.465 e. The van der Waals surface area contributed by atoms with Gasteiger partial charge in [0, 0.05) is 13.1 Å². The van der Waals surface area contributed by atoms with Gasteiger partial charge in [-0.1, -0.05) is 19.1 Å². The fourth-order valence-corrected chi connectivity index (χ4v) is 2.78. The van der Waals surface area contributed by atoms with Crippen molar-refractivity contribution in [3.8, 4) is 0 Å². The van der Waals surface area contributed by atoms with Gasteiger partial charge in [-0.25, -0.2) is 19.4 Å². The molecule has 9 heteroatoms.